The molecule has 0 atom stereocenters. The second-order valence-corrected chi connectivity index (χ2v) is 4.98. The molecule has 0 amide bonds. The van der Waals surface area contributed by atoms with E-state index in [1.165, 1.54) is 16.7 Å². The summed E-state index contributed by atoms with van der Waals surface area (Å²) in [6, 6.07) is 12.4. The molecule has 0 saturated heterocycles. The average Bonchev–Trinajstić information content (AvgIpc) is 2.85. The van der Waals surface area contributed by atoms with Crippen LogP contribution < -0.4 is 15.8 Å². The standard InChI is InChI=1S/C16H18N2O/c1-11-2-4-15(14(17)8-11)18-10-12-3-5-16-13(9-12)6-7-19-16/h2-5,8-9,18H,6-7,10,17H2,1H3. The number of nitrogen functional groups attached to an aromatic ring is 1. The van der Waals surface area contributed by atoms with E-state index < -0.39 is 0 Å². The normalized spacial score (nSPS) is 12.9. The van der Waals surface area contributed by atoms with Gasteiger partial charge in [-0.15, -0.1) is 0 Å². The Morgan fingerprint density at radius 3 is 2.95 bits per heavy atom. The largest absolute Gasteiger partial charge is 0.493 e. The monoisotopic (exact) mass is 254 g/mol. The van der Waals surface area contributed by atoms with Crippen molar-refractivity contribution in [2.45, 2.75) is 19.9 Å². The SMILES string of the molecule is Cc1ccc(NCc2ccc3c(c2)CCO3)c(N)c1. The Bertz CT molecular complexity index is 608. The predicted molar refractivity (Wildman–Crippen MR) is 78.6 cm³/mol. The number of benzene rings is 2. The van der Waals surface area contributed by atoms with Crippen molar-refractivity contribution in [2.75, 3.05) is 17.7 Å². The van der Waals surface area contributed by atoms with E-state index in [1.54, 1.807) is 0 Å². The molecule has 0 radical (unpaired) electrons. The van der Waals surface area contributed by atoms with Crippen LogP contribution in [-0.4, -0.2) is 6.61 Å². The molecule has 3 N–H and O–H groups in total. The first-order valence-electron chi connectivity index (χ1n) is 6.57. The van der Waals surface area contributed by atoms with Crippen LogP contribution in [0.1, 0.15) is 16.7 Å². The molecule has 0 fully saturated rings. The third-order valence-electron chi connectivity index (χ3n) is 3.44. The van der Waals surface area contributed by atoms with E-state index in [0.717, 1.165) is 36.7 Å². The van der Waals surface area contributed by atoms with Crippen molar-refractivity contribution in [3.05, 3.63) is 53.1 Å². The maximum Gasteiger partial charge on any atom is 0.122 e. The molecule has 3 rings (SSSR count). The molecular weight excluding hydrogens is 236 g/mol. The maximum atomic E-state index is 5.99. The summed E-state index contributed by atoms with van der Waals surface area (Å²) in [6.07, 6.45) is 1.01. The molecule has 19 heavy (non-hydrogen) atoms. The van der Waals surface area contributed by atoms with Gasteiger partial charge in [-0.05, 0) is 41.8 Å². The van der Waals surface area contributed by atoms with Gasteiger partial charge >= 0.3 is 0 Å². The first kappa shape index (κ1) is 11.9. The van der Waals surface area contributed by atoms with Crippen LogP contribution in [0.2, 0.25) is 0 Å². The zero-order valence-corrected chi connectivity index (χ0v) is 11.1. The van der Waals surface area contributed by atoms with Crippen molar-refractivity contribution in [1.29, 1.82) is 0 Å². The Hall–Kier alpha value is -2.16. The molecule has 3 nitrogen and oxygen atoms in total. The summed E-state index contributed by atoms with van der Waals surface area (Å²) in [6.45, 7) is 3.62. The summed E-state index contributed by atoms with van der Waals surface area (Å²) < 4.78 is 5.51. The summed E-state index contributed by atoms with van der Waals surface area (Å²) in [5, 5.41) is 3.38. The van der Waals surface area contributed by atoms with E-state index in [0.29, 0.717) is 0 Å². The third kappa shape index (κ3) is 2.50. The molecule has 98 valence electrons. The van der Waals surface area contributed by atoms with Gasteiger partial charge in [-0.3, -0.25) is 0 Å². The van der Waals surface area contributed by atoms with Gasteiger partial charge in [0.05, 0.1) is 18.0 Å². The molecule has 1 aliphatic heterocycles. The highest BCUT2D eigenvalue weighted by atomic mass is 16.5. The fourth-order valence-electron chi connectivity index (χ4n) is 2.39. The topological polar surface area (TPSA) is 47.3 Å². The predicted octanol–water partition coefficient (Wildman–Crippen LogP) is 3.12. The molecule has 0 bridgehead atoms. The van der Waals surface area contributed by atoms with Crippen molar-refractivity contribution in [3.8, 4) is 5.75 Å². The number of ether oxygens (including phenoxy) is 1. The van der Waals surface area contributed by atoms with E-state index in [1.807, 2.05) is 19.1 Å². The van der Waals surface area contributed by atoms with Gasteiger partial charge in [-0.25, -0.2) is 0 Å². The lowest BCUT2D eigenvalue weighted by atomic mass is 10.1. The number of nitrogens with two attached hydrogens (primary N) is 1. The van der Waals surface area contributed by atoms with Crippen molar-refractivity contribution < 1.29 is 4.74 Å². The first-order chi connectivity index (χ1) is 9.22. The molecule has 2 aromatic rings. The van der Waals surface area contributed by atoms with Gasteiger partial charge in [-0.2, -0.15) is 0 Å². The lowest BCUT2D eigenvalue weighted by Gasteiger charge is -2.10. The third-order valence-corrected chi connectivity index (χ3v) is 3.44. The quantitative estimate of drug-likeness (QED) is 0.827. The molecule has 1 heterocycles. The van der Waals surface area contributed by atoms with Crippen LogP contribution in [0.15, 0.2) is 36.4 Å². The number of hydrogen-bond donors (Lipinski definition) is 2. The highest BCUT2D eigenvalue weighted by Gasteiger charge is 2.11. The minimum absolute atomic E-state index is 0.778. The van der Waals surface area contributed by atoms with Gasteiger partial charge in [0, 0.05) is 13.0 Å². The van der Waals surface area contributed by atoms with Gasteiger partial charge < -0.3 is 15.8 Å². The summed E-state index contributed by atoms with van der Waals surface area (Å²) in [7, 11) is 0. The van der Waals surface area contributed by atoms with Crippen LogP contribution >= 0.6 is 0 Å². The van der Waals surface area contributed by atoms with Gasteiger partial charge in [0.1, 0.15) is 5.75 Å². The van der Waals surface area contributed by atoms with E-state index in [-0.39, 0.29) is 0 Å². The van der Waals surface area contributed by atoms with Gasteiger partial charge in [0.15, 0.2) is 0 Å². The molecular formula is C16H18N2O. The van der Waals surface area contributed by atoms with E-state index in [4.69, 9.17) is 10.5 Å². The lowest BCUT2D eigenvalue weighted by Crippen LogP contribution is -2.02. The maximum absolute atomic E-state index is 5.99. The highest BCUT2D eigenvalue weighted by molar-refractivity contribution is 5.67. The summed E-state index contributed by atoms with van der Waals surface area (Å²) >= 11 is 0. The molecule has 3 heteroatoms. The number of rotatable bonds is 3. The number of fused-ring (bicyclic) bond motifs is 1. The Morgan fingerprint density at radius 2 is 2.11 bits per heavy atom. The zero-order valence-electron chi connectivity index (χ0n) is 11.1. The second-order valence-electron chi connectivity index (χ2n) is 4.98. The van der Waals surface area contributed by atoms with Crippen LogP contribution in [0.3, 0.4) is 0 Å². The van der Waals surface area contributed by atoms with E-state index in [9.17, 15) is 0 Å². The van der Waals surface area contributed by atoms with E-state index >= 15 is 0 Å². The molecule has 0 spiro atoms. The van der Waals surface area contributed by atoms with Gasteiger partial charge in [0.25, 0.3) is 0 Å². The molecule has 1 aliphatic rings. The smallest absolute Gasteiger partial charge is 0.122 e. The van der Waals surface area contributed by atoms with Crippen molar-refractivity contribution >= 4 is 11.4 Å². The number of nitrogens with one attached hydrogen (secondary N) is 1. The molecule has 0 saturated carbocycles. The number of aryl methyl sites for hydroxylation is 1. The van der Waals surface area contributed by atoms with Gasteiger partial charge in [0.2, 0.25) is 0 Å². The van der Waals surface area contributed by atoms with Crippen molar-refractivity contribution in [3.63, 3.8) is 0 Å². The minimum Gasteiger partial charge on any atom is -0.493 e. The summed E-state index contributed by atoms with van der Waals surface area (Å²) in [4.78, 5) is 0. The summed E-state index contributed by atoms with van der Waals surface area (Å²) in [5.74, 6) is 1.03. The average molecular weight is 254 g/mol. The summed E-state index contributed by atoms with van der Waals surface area (Å²) in [5.41, 5.74) is 11.5. The first-order valence-corrected chi connectivity index (χ1v) is 6.57. The Morgan fingerprint density at radius 1 is 1.21 bits per heavy atom. The van der Waals surface area contributed by atoms with E-state index in [2.05, 4.69) is 29.6 Å². The Balaban J connectivity index is 1.72. The van der Waals surface area contributed by atoms with Crippen LogP contribution in [-0.2, 0) is 13.0 Å². The molecule has 0 aromatic heterocycles. The molecule has 0 unspecified atom stereocenters. The Kier molecular flexibility index (Phi) is 3.03. The number of hydrogen-bond acceptors (Lipinski definition) is 3. The molecule has 2 aromatic carbocycles. The fourth-order valence-corrected chi connectivity index (χ4v) is 2.39. The lowest BCUT2D eigenvalue weighted by molar-refractivity contribution is 0.357. The van der Waals surface area contributed by atoms with Crippen LogP contribution in [0.5, 0.6) is 5.75 Å². The zero-order chi connectivity index (χ0) is 13.2. The van der Waals surface area contributed by atoms with Crippen LogP contribution in [0.25, 0.3) is 0 Å². The van der Waals surface area contributed by atoms with Crippen molar-refractivity contribution in [2.24, 2.45) is 0 Å². The molecule has 0 aliphatic carbocycles. The second kappa shape index (κ2) is 4.84. The highest BCUT2D eigenvalue weighted by Crippen LogP contribution is 2.26. The minimum atomic E-state index is 0.778. The van der Waals surface area contributed by atoms with Crippen LogP contribution in [0.4, 0.5) is 11.4 Å². The fraction of sp³-hybridized carbons (Fsp3) is 0.250. The Labute approximate surface area is 113 Å². The van der Waals surface area contributed by atoms with Gasteiger partial charge in [-0.1, -0.05) is 18.2 Å². The van der Waals surface area contributed by atoms with Crippen molar-refractivity contribution in [1.82, 2.24) is 0 Å². The number of anilines is 2. The van der Waals surface area contributed by atoms with Crippen LogP contribution in [0, 0.1) is 6.92 Å².